The van der Waals surface area contributed by atoms with Crippen molar-refractivity contribution in [3.8, 4) is 22.0 Å². The lowest BCUT2D eigenvalue weighted by Gasteiger charge is -2.21. The fourth-order valence-electron chi connectivity index (χ4n) is 3.79. The molecule has 1 fully saturated rings. The van der Waals surface area contributed by atoms with Gasteiger partial charge in [0.2, 0.25) is 11.9 Å². The number of aliphatic hydroxyl groups is 1. The Morgan fingerprint density at radius 3 is 2.53 bits per heavy atom. The molecule has 3 aromatic heterocycles. The third-order valence-electron chi connectivity index (χ3n) is 5.69. The van der Waals surface area contributed by atoms with Gasteiger partial charge < -0.3 is 10.0 Å². The standard InChI is InChI=1S/C23H18F3N7O2S/c1-33-10-7-22(35,19(33)34)14-4-2-3-13(11-14)18-29-16(12-36-18)15-5-8-27-20(30-15)32-21-28-9-6-17(31-21)23(24,25)26/h2-6,8-9,11-12,35H,7,10H2,1H3,(H,27,28,30,31,32). The number of alkyl halides is 3. The van der Waals surface area contributed by atoms with Gasteiger partial charge in [-0.2, -0.15) is 13.2 Å². The van der Waals surface area contributed by atoms with Crippen LogP contribution in [-0.4, -0.2) is 54.4 Å². The highest BCUT2D eigenvalue weighted by atomic mass is 32.1. The molecule has 36 heavy (non-hydrogen) atoms. The number of anilines is 2. The first-order valence-electron chi connectivity index (χ1n) is 10.7. The van der Waals surface area contributed by atoms with Gasteiger partial charge in [-0.1, -0.05) is 18.2 Å². The van der Waals surface area contributed by atoms with Gasteiger partial charge in [0.05, 0.1) is 5.69 Å². The Kier molecular flexibility index (Phi) is 5.88. The number of rotatable bonds is 5. The molecule has 0 spiro atoms. The van der Waals surface area contributed by atoms with Gasteiger partial charge in [-0.3, -0.25) is 10.1 Å². The number of amides is 1. The fourth-order valence-corrected chi connectivity index (χ4v) is 4.60. The maximum absolute atomic E-state index is 12.9. The highest BCUT2D eigenvalue weighted by molar-refractivity contribution is 7.13. The van der Waals surface area contributed by atoms with Crippen molar-refractivity contribution in [2.45, 2.75) is 18.2 Å². The van der Waals surface area contributed by atoms with Crippen LogP contribution in [0.25, 0.3) is 22.0 Å². The number of carbonyl (C=O) groups is 1. The van der Waals surface area contributed by atoms with E-state index in [1.807, 2.05) is 6.07 Å². The zero-order valence-electron chi connectivity index (χ0n) is 18.7. The van der Waals surface area contributed by atoms with Crippen LogP contribution in [0.1, 0.15) is 17.7 Å². The summed E-state index contributed by atoms with van der Waals surface area (Å²) in [5.74, 6) is -0.623. The molecular weight excluding hydrogens is 495 g/mol. The average Bonchev–Trinajstić information content (AvgIpc) is 3.46. The summed E-state index contributed by atoms with van der Waals surface area (Å²) in [6.45, 7) is 0.469. The molecule has 0 aliphatic carbocycles. The van der Waals surface area contributed by atoms with Gasteiger partial charge in [0, 0.05) is 43.4 Å². The van der Waals surface area contributed by atoms with Gasteiger partial charge in [-0.15, -0.1) is 11.3 Å². The zero-order valence-corrected chi connectivity index (χ0v) is 19.5. The van der Waals surface area contributed by atoms with Crippen LogP contribution in [0.2, 0.25) is 0 Å². The minimum absolute atomic E-state index is 0.00876. The number of hydrogen-bond acceptors (Lipinski definition) is 9. The van der Waals surface area contributed by atoms with E-state index in [9.17, 15) is 23.1 Å². The topological polar surface area (TPSA) is 117 Å². The number of nitrogens with one attached hydrogen (secondary N) is 1. The molecule has 2 N–H and O–H groups in total. The summed E-state index contributed by atoms with van der Waals surface area (Å²) < 4.78 is 38.7. The van der Waals surface area contributed by atoms with Crippen LogP contribution >= 0.6 is 11.3 Å². The summed E-state index contributed by atoms with van der Waals surface area (Å²) in [6, 6.07) is 9.44. The van der Waals surface area contributed by atoms with E-state index in [1.165, 1.54) is 22.4 Å². The summed E-state index contributed by atoms with van der Waals surface area (Å²) in [4.78, 5) is 34.2. The summed E-state index contributed by atoms with van der Waals surface area (Å²) >= 11 is 1.34. The first-order valence-corrected chi connectivity index (χ1v) is 11.6. The highest BCUT2D eigenvalue weighted by Gasteiger charge is 2.45. The molecule has 1 saturated heterocycles. The molecule has 1 aromatic carbocycles. The Bertz CT molecular complexity index is 1440. The van der Waals surface area contributed by atoms with E-state index in [0.717, 1.165) is 17.8 Å². The number of aromatic nitrogens is 5. The van der Waals surface area contributed by atoms with E-state index in [4.69, 9.17) is 0 Å². The largest absolute Gasteiger partial charge is 0.433 e. The molecular formula is C23H18F3N7O2S. The molecule has 0 saturated carbocycles. The molecule has 1 atom stereocenters. The third-order valence-corrected chi connectivity index (χ3v) is 6.58. The minimum Gasteiger partial charge on any atom is -0.375 e. The predicted octanol–water partition coefficient (Wildman–Crippen LogP) is 3.87. The van der Waals surface area contributed by atoms with E-state index in [-0.39, 0.29) is 17.8 Å². The quantitative estimate of drug-likeness (QED) is 0.413. The molecule has 4 aromatic rings. The van der Waals surface area contributed by atoms with Crippen molar-refractivity contribution in [1.29, 1.82) is 0 Å². The molecule has 0 radical (unpaired) electrons. The summed E-state index contributed by atoms with van der Waals surface area (Å²) in [5, 5.41) is 16.0. The van der Waals surface area contributed by atoms with Crippen molar-refractivity contribution in [3.63, 3.8) is 0 Å². The average molecular weight is 514 g/mol. The molecule has 1 aliphatic rings. The maximum atomic E-state index is 12.9. The Morgan fingerprint density at radius 2 is 1.81 bits per heavy atom. The van der Waals surface area contributed by atoms with Gasteiger partial charge >= 0.3 is 6.18 Å². The molecule has 9 nitrogen and oxygen atoms in total. The molecule has 13 heteroatoms. The molecule has 184 valence electrons. The van der Waals surface area contributed by atoms with E-state index in [2.05, 4.69) is 30.2 Å². The van der Waals surface area contributed by atoms with Gasteiger partial charge in [-0.25, -0.2) is 24.9 Å². The maximum Gasteiger partial charge on any atom is 0.433 e. The first-order chi connectivity index (χ1) is 17.1. The Balaban J connectivity index is 1.39. The van der Waals surface area contributed by atoms with Crippen LogP contribution in [0.5, 0.6) is 0 Å². The molecule has 0 bridgehead atoms. The van der Waals surface area contributed by atoms with Crippen molar-refractivity contribution in [2.24, 2.45) is 0 Å². The van der Waals surface area contributed by atoms with E-state index >= 15 is 0 Å². The third kappa shape index (κ3) is 4.50. The van der Waals surface area contributed by atoms with E-state index < -0.39 is 17.5 Å². The number of halogens is 3. The lowest BCUT2D eigenvalue weighted by Crippen LogP contribution is -2.36. The second-order valence-corrected chi connectivity index (χ2v) is 8.97. The number of likely N-dealkylation sites (tertiary alicyclic amines) is 1. The molecule has 1 amide bonds. The molecule has 5 rings (SSSR count). The number of likely N-dealkylation sites (N-methyl/N-ethyl adjacent to an activating group) is 1. The van der Waals surface area contributed by atoms with Crippen molar-refractivity contribution in [2.75, 3.05) is 18.9 Å². The van der Waals surface area contributed by atoms with Crippen LogP contribution in [-0.2, 0) is 16.6 Å². The van der Waals surface area contributed by atoms with Gasteiger partial charge in [0.15, 0.2) is 5.60 Å². The van der Waals surface area contributed by atoms with Gasteiger partial charge in [-0.05, 0) is 23.8 Å². The number of thiazole rings is 1. The lowest BCUT2D eigenvalue weighted by molar-refractivity contribution is -0.143. The van der Waals surface area contributed by atoms with E-state index in [1.54, 1.807) is 36.7 Å². The van der Waals surface area contributed by atoms with Crippen LogP contribution < -0.4 is 5.32 Å². The van der Waals surface area contributed by atoms with Gasteiger partial charge in [0.25, 0.3) is 5.91 Å². The molecule has 1 aliphatic heterocycles. The van der Waals surface area contributed by atoms with E-state index in [0.29, 0.717) is 34.9 Å². The summed E-state index contributed by atoms with van der Waals surface area (Å²) in [7, 11) is 1.65. The summed E-state index contributed by atoms with van der Waals surface area (Å²) in [6.07, 6.45) is -1.86. The summed E-state index contributed by atoms with van der Waals surface area (Å²) in [5.41, 5.74) is -0.470. The molecule has 4 heterocycles. The Morgan fingerprint density at radius 1 is 1.06 bits per heavy atom. The monoisotopic (exact) mass is 513 g/mol. The smallest absolute Gasteiger partial charge is 0.375 e. The Hall–Kier alpha value is -3.97. The number of nitrogens with zero attached hydrogens (tertiary/aromatic N) is 6. The van der Waals surface area contributed by atoms with Crippen LogP contribution in [0, 0.1) is 0 Å². The fraction of sp³-hybridized carbons (Fsp3) is 0.217. The molecule has 1 unspecified atom stereocenters. The SMILES string of the molecule is CN1CCC(O)(c2cccc(-c3nc(-c4ccnc(Nc5nccc(C(F)(F)F)n5)n4)cs3)c2)C1=O. The highest BCUT2D eigenvalue weighted by Crippen LogP contribution is 2.36. The minimum atomic E-state index is -4.60. The van der Waals surface area contributed by atoms with Crippen LogP contribution in [0.3, 0.4) is 0 Å². The zero-order chi connectivity index (χ0) is 25.5. The normalized spacial score (nSPS) is 18.0. The van der Waals surface area contributed by atoms with Crippen LogP contribution in [0.15, 0.2) is 54.2 Å². The number of carbonyl (C=O) groups excluding carboxylic acids is 1. The first kappa shape index (κ1) is 23.8. The van der Waals surface area contributed by atoms with Gasteiger partial charge in [0.1, 0.15) is 16.4 Å². The predicted molar refractivity (Wildman–Crippen MR) is 125 cm³/mol. The Labute approximate surface area is 206 Å². The second kappa shape index (κ2) is 8.91. The van der Waals surface area contributed by atoms with Crippen molar-refractivity contribution in [3.05, 3.63) is 65.4 Å². The van der Waals surface area contributed by atoms with Crippen LogP contribution in [0.4, 0.5) is 25.1 Å². The number of benzene rings is 1. The van der Waals surface area contributed by atoms with Crippen molar-refractivity contribution < 1.29 is 23.1 Å². The number of hydrogen-bond donors (Lipinski definition) is 2. The van der Waals surface area contributed by atoms with Crippen molar-refractivity contribution in [1.82, 2.24) is 29.8 Å². The lowest BCUT2D eigenvalue weighted by atomic mass is 9.91. The second-order valence-electron chi connectivity index (χ2n) is 8.11. The van der Waals surface area contributed by atoms with Crippen molar-refractivity contribution >= 4 is 29.1 Å².